The molecule has 20 heavy (non-hydrogen) atoms. The van der Waals surface area contributed by atoms with E-state index < -0.39 is 0 Å². The van der Waals surface area contributed by atoms with Crippen molar-refractivity contribution in [2.45, 2.75) is 39.3 Å². The third kappa shape index (κ3) is 3.81. The van der Waals surface area contributed by atoms with Crippen LogP contribution < -0.4 is 5.73 Å². The number of aryl methyl sites for hydroxylation is 2. The molecule has 1 heterocycles. The molecular weight excluding hydrogens is 246 g/mol. The van der Waals surface area contributed by atoms with Crippen LogP contribution in [-0.2, 0) is 0 Å². The quantitative estimate of drug-likeness (QED) is 0.919. The molecule has 2 unspecified atom stereocenters. The number of hydrogen-bond acceptors (Lipinski definition) is 3. The molecular formula is C17H29N3. The van der Waals surface area contributed by atoms with Crippen molar-refractivity contribution in [1.82, 2.24) is 9.80 Å². The number of hydrogen-bond donors (Lipinski definition) is 1. The molecule has 0 saturated carbocycles. The third-order valence-electron chi connectivity index (χ3n) is 4.45. The molecule has 0 aromatic heterocycles. The van der Waals surface area contributed by atoms with Gasteiger partial charge in [-0.3, -0.25) is 4.90 Å². The molecule has 1 saturated heterocycles. The average Bonchev–Trinajstić information content (AvgIpc) is 2.54. The Kier molecular flexibility index (Phi) is 5.19. The number of rotatable bonds is 3. The number of nitrogens with zero attached hydrogens (tertiary/aromatic N) is 2. The Morgan fingerprint density at radius 1 is 1.30 bits per heavy atom. The number of likely N-dealkylation sites (N-methyl/N-ethyl adjacent to an activating group) is 1. The lowest BCUT2D eigenvalue weighted by molar-refractivity contribution is 0.191. The normalized spacial score (nSPS) is 23.6. The molecule has 2 atom stereocenters. The maximum Gasteiger partial charge on any atom is 0.0427 e. The molecule has 0 amide bonds. The standard InChI is InChI=1S/C17H29N3/c1-13-6-7-14(2)16(10-13)17(18)12-20-9-5-8-19(4)11-15(20)3/h6-7,10,15,17H,5,8-9,11-12,18H2,1-4H3. The zero-order chi connectivity index (χ0) is 14.7. The van der Waals surface area contributed by atoms with Crippen LogP contribution in [0, 0.1) is 13.8 Å². The summed E-state index contributed by atoms with van der Waals surface area (Å²) in [7, 11) is 2.21. The highest BCUT2D eigenvalue weighted by Gasteiger charge is 2.22. The van der Waals surface area contributed by atoms with E-state index in [4.69, 9.17) is 5.73 Å². The molecule has 1 fully saturated rings. The van der Waals surface area contributed by atoms with Crippen molar-refractivity contribution in [2.75, 3.05) is 33.2 Å². The number of nitrogens with two attached hydrogens (primary N) is 1. The Morgan fingerprint density at radius 2 is 2.05 bits per heavy atom. The molecule has 2 rings (SSSR count). The minimum absolute atomic E-state index is 0.112. The molecule has 2 N–H and O–H groups in total. The highest BCUT2D eigenvalue weighted by molar-refractivity contribution is 5.33. The van der Waals surface area contributed by atoms with Gasteiger partial charge in [-0.1, -0.05) is 23.8 Å². The van der Waals surface area contributed by atoms with E-state index in [2.05, 4.69) is 55.8 Å². The van der Waals surface area contributed by atoms with Gasteiger partial charge >= 0.3 is 0 Å². The summed E-state index contributed by atoms with van der Waals surface area (Å²) in [4.78, 5) is 4.98. The summed E-state index contributed by atoms with van der Waals surface area (Å²) in [5, 5.41) is 0. The zero-order valence-electron chi connectivity index (χ0n) is 13.4. The van der Waals surface area contributed by atoms with Gasteiger partial charge in [-0.05, 0) is 58.5 Å². The fourth-order valence-electron chi connectivity index (χ4n) is 3.20. The molecule has 1 aromatic carbocycles. The second-order valence-corrected chi connectivity index (χ2v) is 6.43. The first kappa shape index (κ1) is 15.5. The van der Waals surface area contributed by atoms with Gasteiger partial charge < -0.3 is 10.6 Å². The largest absolute Gasteiger partial charge is 0.323 e. The van der Waals surface area contributed by atoms with Crippen LogP contribution in [0.3, 0.4) is 0 Å². The third-order valence-corrected chi connectivity index (χ3v) is 4.45. The minimum Gasteiger partial charge on any atom is -0.323 e. The SMILES string of the molecule is Cc1ccc(C)c(C(N)CN2CCCN(C)CC2C)c1. The first-order valence-electron chi connectivity index (χ1n) is 7.72. The fourth-order valence-corrected chi connectivity index (χ4v) is 3.20. The second-order valence-electron chi connectivity index (χ2n) is 6.43. The van der Waals surface area contributed by atoms with Gasteiger partial charge in [0.25, 0.3) is 0 Å². The smallest absolute Gasteiger partial charge is 0.0427 e. The monoisotopic (exact) mass is 275 g/mol. The fraction of sp³-hybridized carbons (Fsp3) is 0.647. The van der Waals surface area contributed by atoms with Crippen LogP contribution in [0.25, 0.3) is 0 Å². The van der Waals surface area contributed by atoms with Gasteiger partial charge in [0.15, 0.2) is 0 Å². The van der Waals surface area contributed by atoms with Gasteiger partial charge in [-0.25, -0.2) is 0 Å². The maximum atomic E-state index is 6.49. The van der Waals surface area contributed by atoms with Crippen molar-refractivity contribution in [1.29, 1.82) is 0 Å². The Hall–Kier alpha value is -0.900. The van der Waals surface area contributed by atoms with Gasteiger partial charge in [0.05, 0.1) is 0 Å². The van der Waals surface area contributed by atoms with Crippen molar-refractivity contribution < 1.29 is 0 Å². The molecule has 0 bridgehead atoms. The van der Waals surface area contributed by atoms with Gasteiger partial charge in [0, 0.05) is 25.2 Å². The zero-order valence-corrected chi connectivity index (χ0v) is 13.4. The Balaban J connectivity index is 2.06. The summed E-state index contributed by atoms with van der Waals surface area (Å²) < 4.78 is 0. The summed E-state index contributed by atoms with van der Waals surface area (Å²) in [5.41, 5.74) is 10.4. The minimum atomic E-state index is 0.112. The van der Waals surface area contributed by atoms with Gasteiger partial charge in [-0.2, -0.15) is 0 Å². The number of benzene rings is 1. The Bertz CT molecular complexity index is 444. The van der Waals surface area contributed by atoms with Crippen LogP contribution in [0.2, 0.25) is 0 Å². The predicted octanol–water partition coefficient (Wildman–Crippen LogP) is 2.33. The van der Waals surface area contributed by atoms with Crippen molar-refractivity contribution >= 4 is 0 Å². The molecule has 0 aliphatic carbocycles. The van der Waals surface area contributed by atoms with Crippen molar-refractivity contribution in [3.63, 3.8) is 0 Å². The van der Waals surface area contributed by atoms with E-state index in [1.807, 2.05) is 0 Å². The van der Waals surface area contributed by atoms with Crippen molar-refractivity contribution in [2.24, 2.45) is 5.73 Å². The molecule has 112 valence electrons. The summed E-state index contributed by atoms with van der Waals surface area (Å²) >= 11 is 0. The first-order valence-corrected chi connectivity index (χ1v) is 7.72. The Morgan fingerprint density at radius 3 is 2.80 bits per heavy atom. The van der Waals surface area contributed by atoms with Crippen LogP contribution in [0.1, 0.15) is 36.1 Å². The molecule has 1 aromatic rings. The van der Waals surface area contributed by atoms with Gasteiger partial charge in [0.1, 0.15) is 0 Å². The lowest BCUT2D eigenvalue weighted by atomic mass is 9.98. The topological polar surface area (TPSA) is 32.5 Å². The molecule has 1 aliphatic rings. The van der Waals surface area contributed by atoms with Crippen LogP contribution in [-0.4, -0.2) is 49.1 Å². The van der Waals surface area contributed by atoms with E-state index in [-0.39, 0.29) is 6.04 Å². The van der Waals surface area contributed by atoms with Crippen LogP contribution in [0.15, 0.2) is 18.2 Å². The lowest BCUT2D eigenvalue weighted by Gasteiger charge is -2.30. The van der Waals surface area contributed by atoms with Crippen LogP contribution in [0.4, 0.5) is 0 Å². The summed E-state index contributed by atoms with van der Waals surface area (Å²) in [6.07, 6.45) is 1.24. The molecule has 3 heteroatoms. The van der Waals surface area contributed by atoms with Crippen LogP contribution in [0.5, 0.6) is 0 Å². The molecule has 0 radical (unpaired) electrons. The Labute approximate surface area is 123 Å². The van der Waals surface area contributed by atoms with E-state index >= 15 is 0 Å². The van der Waals surface area contributed by atoms with E-state index in [1.165, 1.54) is 29.7 Å². The second kappa shape index (κ2) is 6.70. The molecule has 3 nitrogen and oxygen atoms in total. The molecule has 0 spiro atoms. The average molecular weight is 275 g/mol. The van der Waals surface area contributed by atoms with Gasteiger partial charge in [-0.15, -0.1) is 0 Å². The van der Waals surface area contributed by atoms with Crippen LogP contribution >= 0.6 is 0 Å². The van der Waals surface area contributed by atoms with Crippen molar-refractivity contribution in [3.8, 4) is 0 Å². The van der Waals surface area contributed by atoms with E-state index in [1.54, 1.807) is 0 Å². The summed E-state index contributed by atoms with van der Waals surface area (Å²) in [5.74, 6) is 0. The summed E-state index contributed by atoms with van der Waals surface area (Å²) in [6, 6.07) is 7.29. The maximum absolute atomic E-state index is 6.49. The van der Waals surface area contributed by atoms with E-state index in [9.17, 15) is 0 Å². The molecule has 1 aliphatic heterocycles. The van der Waals surface area contributed by atoms with E-state index in [0.29, 0.717) is 6.04 Å². The predicted molar refractivity (Wildman–Crippen MR) is 86.0 cm³/mol. The lowest BCUT2D eigenvalue weighted by Crippen LogP contribution is -2.41. The van der Waals surface area contributed by atoms with Gasteiger partial charge in [0.2, 0.25) is 0 Å². The highest BCUT2D eigenvalue weighted by Crippen LogP contribution is 2.20. The van der Waals surface area contributed by atoms with Crippen molar-refractivity contribution in [3.05, 3.63) is 34.9 Å². The summed E-state index contributed by atoms with van der Waals surface area (Å²) in [6.45, 7) is 11.1. The highest BCUT2D eigenvalue weighted by atomic mass is 15.2. The first-order chi connectivity index (χ1) is 9.47. The van der Waals surface area contributed by atoms with E-state index in [0.717, 1.165) is 19.6 Å².